The molecule has 1 N–H and O–H groups in total. The number of carbonyl (C=O) groups excluding carboxylic acids is 1. The summed E-state index contributed by atoms with van der Waals surface area (Å²) in [5.41, 5.74) is 0.234. The van der Waals surface area contributed by atoms with Gasteiger partial charge in [-0.05, 0) is 68.3 Å². The largest absolute Gasteiger partial charge is 0.497 e. The highest BCUT2D eigenvalue weighted by atomic mass is 16.5. The molecule has 0 saturated carbocycles. The zero-order chi connectivity index (χ0) is 23.4. The van der Waals surface area contributed by atoms with Gasteiger partial charge in [0.2, 0.25) is 5.88 Å². The Balaban J connectivity index is 2.07. The molecule has 0 aliphatic carbocycles. The maximum Gasteiger partial charge on any atom is 0.271 e. The Kier molecular flexibility index (Phi) is 6.64. The van der Waals surface area contributed by atoms with E-state index in [0.29, 0.717) is 22.6 Å². The zero-order valence-corrected chi connectivity index (χ0v) is 18.4. The molecule has 0 atom stereocenters. The molecule has 2 aromatic carbocycles. The van der Waals surface area contributed by atoms with Crippen molar-refractivity contribution < 1.29 is 19.4 Å². The van der Waals surface area contributed by atoms with Gasteiger partial charge in [0, 0.05) is 5.56 Å². The van der Waals surface area contributed by atoms with E-state index in [1.54, 1.807) is 55.6 Å². The number of aromatic hydroxyl groups is 1. The summed E-state index contributed by atoms with van der Waals surface area (Å²) in [7, 11) is 1.55. The summed E-state index contributed by atoms with van der Waals surface area (Å²) in [5, 5.41) is 20.5. The Morgan fingerprint density at radius 2 is 1.69 bits per heavy atom. The van der Waals surface area contributed by atoms with Crippen molar-refractivity contribution in [2.75, 3.05) is 7.11 Å². The minimum Gasteiger partial charge on any atom is -0.497 e. The first-order chi connectivity index (χ1) is 15.3. The van der Waals surface area contributed by atoms with Crippen LogP contribution >= 0.6 is 0 Å². The maximum atomic E-state index is 13.2. The molecule has 0 aliphatic heterocycles. The van der Waals surface area contributed by atoms with E-state index in [1.807, 2.05) is 19.9 Å². The van der Waals surface area contributed by atoms with E-state index in [-0.39, 0.29) is 29.3 Å². The predicted octanol–water partition coefficient (Wildman–Crippen LogP) is 3.81. The fourth-order valence-corrected chi connectivity index (χ4v) is 3.38. The number of benzene rings is 2. The number of ketones is 1. The molecule has 3 rings (SSSR count). The molecule has 164 valence electrons. The van der Waals surface area contributed by atoms with Crippen molar-refractivity contribution >= 4 is 5.78 Å². The Hall–Kier alpha value is -4.05. The molecule has 0 aliphatic rings. The van der Waals surface area contributed by atoms with Gasteiger partial charge in [0.05, 0.1) is 25.3 Å². The molecule has 3 aromatic rings. The number of methoxy groups -OCH3 is 1. The van der Waals surface area contributed by atoms with Gasteiger partial charge < -0.3 is 14.6 Å². The van der Waals surface area contributed by atoms with Crippen molar-refractivity contribution in [2.45, 2.75) is 33.4 Å². The van der Waals surface area contributed by atoms with Gasteiger partial charge >= 0.3 is 0 Å². The number of hydrogen-bond donors (Lipinski definition) is 1. The Morgan fingerprint density at radius 3 is 2.22 bits per heavy atom. The van der Waals surface area contributed by atoms with E-state index in [1.165, 1.54) is 6.92 Å². The molecule has 7 heteroatoms. The van der Waals surface area contributed by atoms with E-state index >= 15 is 0 Å². The van der Waals surface area contributed by atoms with Crippen LogP contribution in [0.2, 0.25) is 0 Å². The van der Waals surface area contributed by atoms with Crippen molar-refractivity contribution in [3.8, 4) is 23.4 Å². The molecule has 0 saturated heterocycles. The van der Waals surface area contributed by atoms with Gasteiger partial charge in [-0.25, -0.2) is 0 Å². The summed E-state index contributed by atoms with van der Waals surface area (Å²) in [5.74, 6) is 0.290. The monoisotopic (exact) mass is 432 g/mol. The Bertz CT molecular complexity index is 1230. The molecule has 0 amide bonds. The van der Waals surface area contributed by atoms with Gasteiger partial charge in [-0.2, -0.15) is 5.26 Å². The highest BCUT2D eigenvalue weighted by molar-refractivity contribution is 6.11. The van der Waals surface area contributed by atoms with E-state index in [0.717, 1.165) is 4.57 Å². The summed E-state index contributed by atoms with van der Waals surface area (Å²) >= 11 is 0. The number of ether oxygens (including phenoxy) is 2. The lowest BCUT2D eigenvalue weighted by Crippen LogP contribution is -2.27. The van der Waals surface area contributed by atoms with Crippen molar-refractivity contribution in [1.29, 1.82) is 5.26 Å². The summed E-state index contributed by atoms with van der Waals surface area (Å²) in [6.07, 6.45) is -0.0115. The lowest BCUT2D eigenvalue weighted by atomic mass is 9.97. The van der Waals surface area contributed by atoms with Gasteiger partial charge in [0.25, 0.3) is 5.56 Å². The van der Waals surface area contributed by atoms with Gasteiger partial charge in [0.1, 0.15) is 23.1 Å². The first kappa shape index (κ1) is 22.6. The van der Waals surface area contributed by atoms with Gasteiger partial charge in [-0.1, -0.05) is 12.1 Å². The molecular weight excluding hydrogens is 408 g/mol. The summed E-state index contributed by atoms with van der Waals surface area (Å²) < 4.78 is 11.8. The third-order valence-electron chi connectivity index (χ3n) is 5.02. The Labute approximate surface area is 186 Å². The van der Waals surface area contributed by atoms with E-state index in [2.05, 4.69) is 0 Å². The minimum atomic E-state index is -0.657. The van der Waals surface area contributed by atoms with Crippen LogP contribution in [0, 0.1) is 18.3 Å². The zero-order valence-electron chi connectivity index (χ0n) is 18.4. The van der Waals surface area contributed by atoms with E-state index < -0.39 is 17.2 Å². The van der Waals surface area contributed by atoms with Crippen LogP contribution in [0.25, 0.3) is 0 Å². The van der Waals surface area contributed by atoms with Crippen molar-refractivity contribution in [3.05, 3.63) is 86.7 Å². The number of nitriles is 1. The summed E-state index contributed by atoms with van der Waals surface area (Å²) in [4.78, 5) is 26.1. The van der Waals surface area contributed by atoms with E-state index in [4.69, 9.17) is 9.47 Å². The van der Waals surface area contributed by atoms with Gasteiger partial charge in [-0.15, -0.1) is 0 Å². The maximum absolute atomic E-state index is 13.2. The molecule has 1 aromatic heterocycles. The molecule has 0 radical (unpaired) electrons. The summed E-state index contributed by atoms with van der Waals surface area (Å²) in [6, 6.07) is 15.3. The molecule has 7 nitrogen and oxygen atoms in total. The van der Waals surface area contributed by atoms with E-state index in [9.17, 15) is 20.0 Å². The molecule has 0 fully saturated rings. The normalized spacial score (nSPS) is 10.6. The first-order valence-electron chi connectivity index (χ1n) is 10.1. The van der Waals surface area contributed by atoms with Crippen LogP contribution in [0.3, 0.4) is 0 Å². The quantitative estimate of drug-likeness (QED) is 0.570. The molecule has 32 heavy (non-hydrogen) atoms. The van der Waals surface area contributed by atoms with Crippen molar-refractivity contribution in [3.63, 3.8) is 0 Å². The molecular formula is C25H24N2O5. The lowest BCUT2D eigenvalue weighted by molar-refractivity contribution is 0.103. The van der Waals surface area contributed by atoms with Gasteiger partial charge in [-0.3, -0.25) is 14.2 Å². The average molecular weight is 432 g/mol. The highest BCUT2D eigenvalue weighted by Crippen LogP contribution is 2.27. The molecule has 0 unspecified atom stereocenters. The van der Waals surface area contributed by atoms with Crippen LogP contribution in [-0.4, -0.2) is 28.7 Å². The van der Waals surface area contributed by atoms with Crippen LogP contribution in [0.4, 0.5) is 0 Å². The second-order valence-electron chi connectivity index (χ2n) is 7.57. The van der Waals surface area contributed by atoms with Crippen molar-refractivity contribution in [2.24, 2.45) is 0 Å². The van der Waals surface area contributed by atoms with Crippen LogP contribution in [-0.2, 0) is 6.54 Å². The van der Waals surface area contributed by atoms with Crippen LogP contribution in [0.1, 0.15) is 46.5 Å². The highest BCUT2D eigenvalue weighted by Gasteiger charge is 2.25. The fourth-order valence-electron chi connectivity index (χ4n) is 3.38. The van der Waals surface area contributed by atoms with Crippen molar-refractivity contribution in [1.82, 2.24) is 4.57 Å². The predicted molar refractivity (Wildman–Crippen MR) is 120 cm³/mol. The van der Waals surface area contributed by atoms with Crippen LogP contribution in [0.15, 0.2) is 53.3 Å². The Morgan fingerprint density at radius 1 is 1.09 bits per heavy atom. The summed E-state index contributed by atoms with van der Waals surface area (Å²) in [6.45, 7) is 5.28. The van der Waals surface area contributed by atoms with Crippen LogP contribution < -0.4 is 15.0 Å². The lowest BCUT2D eigenvalue weighted by Gasteiger charge is -2.16. The van der Waals surface area contributed by atoms with Gasteiger partial charge in [0.15, 0.2) is 5.78 Å². The number of hydrogen-bond acceptors (Lipinski definition) is 6. The number of aromatic nitrogens is 1. The average Bonchev–Trinajstić information content (AvgIpc) is 2.77. The number of nitrogens with zero attached hydrogens (tertiary/aromatic N) is 2. The smallest absolute Gasteiger partial charge is 0.271 e. The minimum absolute atomic E-state index is 0.00886. The molecule has 0 spiro atoms. The third kappa shape index (κ3) is 4.49. The topological polar surface area (TPSA) is 102 Å². The molecule has 1 heterocycles. The number of rotatable bonds is 7. The second-order valence-corrected chi connectivity index (χ2v) is 7.57. The second kappa shape index (κ2) is 9.40. The number of carbonyl (C=O) groups is 1. The molecule has 0 bridgehead atoms. The fraction of sp³-hybridized carbons (Fsp3) is 0.240. The third-order valence-corrected chi connectivity index (χ3v) is 5.02. The first-order valence-corrected chi connectivity index (χ1v) is 10.1. The SMILES string of the molecule is COc1ccc(Cn2c(O)c(C(=O)c3ccc(OC(C)C)cc3)c(C)c(C#N)c2=O)cc1. The standard InChI is InChI=1S/C25H24N2O5/c1-15(2)32-20-11-7-18(8-12-20)23(28)22-16(3)21(13-26)24(29)27(25(22)30)14-17-5-9-19(31-4)10-6-17/h5-12,15,30H,14H2,1-4H3. The van der Waals surface area contributed by atoms with Crippen LogP contribution in [0.5, 0.6) is 17.4 Å². The number of pyridine rings is 1.